The van der Waals surface area contributed by atoms with Gasteiger partial charge in [-0.15, -0.1) is 0 Å². The molecular formula is C15H14ClNO3. The molecular weight excluding hydrogens is 278 g/mol. The van der Waals surface area contributed by atoms with Crippen LogP contribution in [0.4, 0.5) is 0 Å². The van der Waals surface area contributed by atoms with Gasteiger partial charge in [0.25, 0.3) is 5.56 Å². The van der Waals surface area contributed by atoms with E-state index in [1.54, 1.807) is 24.9 Å². The zero-order valence-corrected chi connectivity index (χ0v) is 12.0. The summed E-state index contributed by atoms with van der Waals surface area (Å²) in [5, 5.41) is 0.437. The summed E-state index contributed by atoms with van der Waals surface area (Å²) in [5.74, 6) is 1.44. The molecule has 0 spiro atoms. The van der Waals surface area contributed by atoms with Gasteiger partial charge in [-0.3, -0.25) is 4.79 Å². The van der Waals surface area contributed by atoms with Gasteiger partial charge in [0.15, 0.2) is 0 Å². The monoisotopic (exact) mass is 291 g/mol. The highest BCUT2D eigenvalue weighted by atomic mass is 35.5. The summed E-state index contributed by atoms with van der Waals surface area (Å²) in [6.45, 7) is 0.634. The third-order valence-corrected chi connectivity index (χ3v) is 3.78. The number of pyridine rings is 1. The predicted molar refractivity (Wildman–Crippen MR) is 78.0 cm³/mol. The zero-order valence-electron chi connectivity index (χ0n) is 11.3. The van der Waals surface area contributed by atoms with E-state index in [4.69, 9.17) is 21.1 Å². The molecule has 0 saturated heterocycles. The Hall–Kier alpha value is -1.94. The van der Waals surface area contributed by atoms with Crippen molar-refractivity contribution in [1.82, 2.24) is 4.57 Å². The maximum Gasteiger partial charge on any atom is 0.252 e. The Morgan fingerprint density at radius 2 is 1.95 bits per heavy atom. The van der Waals surface area contributed by atoms with Crippen molar-refractivity contribution in [1.29, 1.82) is 0 Å². The summed E-state index contributed by atoms with van der Waals surface area (Å²) >= 11 is 6.02. The van der Waals surface area contributed by atoms with Gasteiger partial charge in [-0.1, -0.05) is 11.6 Å². The average Bonchev–Trinajstić information content (AvgIpc) is 2.45. The Morgan fingerprint density at radius 1 is 1.15 bits per heavy atom. The second-order valence-electron chi connectivity index (χ2n) is 4.66. The molecule has 0 radical (unpaired) electrons. The fourth-order valence-electron chi connectivity index (χ4n) is 2.65. The third kappa shape index (κ3) is 1.96. The van der Waals surface area contributed by atoms with E-state index in [1.165, 1.54) is 6.07 Å². The lowest BCUT2D eigenvalue weighted by atomic mass is 9.96. The van der Waals surface area contributed by atoms with Crippen molar-refractivity contribution in [2.45, 2.75) is 13.0 Å². The Kier molecular flexibility index (Phi) is 3.18. The van der Waals surface area contributed by atoms with Gasteiger partial charge in [0.1, 0.15) is 11.5 Å². The molecule has 0 amide bonds. The second-order valence-corrected chi connectivity index (χ2v) is 5.10. The molecule has 1 aliphatic heterocycles. The molecule has 0 bridgehead atoms. The molecule has 0 aliphatic carbocycles. The number of rotatable bonds is 2. The molecule has 20 heavy (non-hydrogen) atoms. The minimum atomic E-state index is -0.0870. The Morgan fingerprint density at radius 3 is 2.65 bits per heavy atom. The summed E-state index contributed by atoms with van der Waals surface area (Å²) in [6.07, 6.45) is 0.761. The van der Waals surface area contributed by atoms with Crippen molar-refractivity contribution >= 4 is 11.6 Å². The summed E-state index contributed by atoms with van der Waals surface area (Å²) in [7, 11) is 3.23. The number of aromatic nitrogens is 1. The molecule has 0 unspecified atom stereocenters. The van der Waals surface area contributed by atoms with E-state index in [9.17, 15) is 4.79 Å². The van der Waals surface area contributed by atoms with Gasteiger partial charge < -0.3 is 14.0 Å². The Labute approximate surface area is 121 Å². The first-order chi connectivity index (χ1) is 9.63. The fourth-order valence-corrected chi connectivity index (χ4v) is 2.84. The number of halogens is 1. The first-order valence-corrected chi connectivity index (χ1v) is 6.67. The van der Waals surface area contributed by atoms with Gasteiger partial charge in [0, 0.05) is 29.3 Å². The van der Waals surface area contributed by atoms with Crippen molar-refractivity contribution < 1.29 is 9.47 Å². The molecule has 2 aromatic rings. The van der Waals surface area contributed by atoms with Crippen LogP contribution in [0.3, 0.4) is 0 Å². The third-order valence-electron chi connectivity index (χ3n) is 3.57. The van der Waals surface area contributed by atoms with E-state index in [0.29, 0.717) is 17.3 Å². The fraction of sp³-hybridized carbons (Fsp3) is 0.267. The first kappa shape index (κ1) is 13.1. The normalized spacial score (nSPS) is 12.6. The lowest BCUT2D eigenvalue weighted by Crippen LogP contribution is -2.25. The highest BCUT2D eigenvalue weighted by Gasteiger charge is 2.22. The van der Waals surface area contributed by atoms with E-state index < -0.39 is 0 Å². The molecule has 0 saturated carbocycles. The second kappa shape index (κ2) is 4.87. The minimum Gasteiger partial charge on any atom is -0.497 e. The predicted octanol–water partition coefficient (Wildman–Crippen LogP) is 2.74. The van der Waals surface area contributed by atoms with E-state index in [1.807, 2.05) is 12.1 Å². The van der Waals surface area contributed by atoms with E-state index in [2.05, 4.69) is 0 Å². The van der Waals surface area contributed by atoms with Crippen LogP contribution >= 0.6 is 11.6 Å². The summed E-state index contributed by atoms with van der Waals surface area (Å²) < 4.78 is 12.5. The molecule has 2 heterocycles. The lowest BCUT2D eigenvalue weighted by Gasteiger charge is -2.24. The van der Waals surface area contributed by atoms with Crippen molar-refractivity contribution in [3.8, 4) is 22.8 Å². The van der Waals surface area contributed by atoms with Crippen molar-refractivity contribution in [2.24, 2.45) is 0 Å². The summed E-state index contributed by atoms with van der Waals surface area (Å²) in [4.78, 5) is 12.0. The number of fused-ring (bicyclic) bond motifs is 3. The molecule has 1 aliphatic rings. The molecule has 104 valence electrons. The van der Waals surface area contributed by atoms with Gasteiger partial charge in [-0.2, -0.15) is 0 Å². The van der Waals surface area contributed by atoms with Gasteiger partial charge in [0.2, 0.25) is 0 Å². The number of aryl methyl sites for hydroxylation is 1. The van der Waals surface area contributed by atoms with E-state index in [-0.39, 0.29) is 5.56 Å². The highest BCUT2D eigenvalue weighted by molar-refractivity contribution is 6.30. The molecule has 1 aromatic heterocycles. The van der Waals surface area contributed by atoms with Crippen molar-refractivity contribution in [2.75, 3.05) is 14.2 Å². The Balaban J connectivity index is 2.33. The number of hydrogen-bond donors (Lipinski definition) is 0. The summed E-state index contributed by atoms with van der Waals surface area (Å²) in [6, 6.07) is 7.04. The molecule has 4 nitrogen and oxygen atoms in total. The van der Waals surface area contributed by atoms with Crippen molar-refractivity contribution in [3.63, 3.8) is 0 Å². The van der Waals surface area contributed by atoms with Gasteiger partial charge >= 0.3 is 0 Å². The van der Waals surface area contributed by atoms with Gasteiger partial charge in [0.05, 0.1) is 19.9 Å². The largest absolute Gasteiger partial charge is 0.497 e. The zero-order chi connectivity index (χ0) is 14.3. The van der Waals surface area contributed by atoms with Crippen LogP contribution in [-0.4, -0.2) is 18.8 Å². The number of hydrogen-bond acceptors (Lipinski definition) is 3. The van der Waals surface area contributed by atoms with E-state index in [0.717, 1.165) is 29.0 Å². The molecule has 3 rings (SSSR count). The van der Waals surface area contributed by atoms with Crippen LogP contribution < -0.4 is 15.0 Å². The van der Waals surface area contributed by atoms with Gasteiger partial charge in [-0.05, 0) is 24.1 Å². The lowest BCUT2D eigenvalue weighted by molar-refractivity contribution is 0.393. The average molecular weight is 292 g/mol. The summed E-state index contributed by atoms with van der Waals surface area (Å²) in [5.41, 5.74) is 2.72. The van der Waals surface area contributed by atoms with Crippen LogP contribution in [0.25, 0.3) is 11.3 Å². The van der Waals surface area contributed by atoms with Crippen LogP contribution in [0.5, 0.6) is 11.5 Å². The van der Waals surface area contributed by atoms with Crippen molar-refractivity contribution in [3.05, 3.63) is 45.2 Å². The topological polar surface area (TPSA) is 40.5 Å². The van der Waals surface area contributed by atoms with Crippen LogP contribution in [0, 0.1) is 0 Å². The van der Waals surface area contributed by atoms with Crippen LogP contribution in [-0.2, 0) is 13.0 Å². The van der Waals surface area contributed by atoms with Crippen LogP contribution in [0.2, 0.25) is 5.02 Å². The van der Waals surface area contributed by atoms with E-state index >= 15 is 0 Å². The number of nitrogens with zero attached hydrogens (tertiary/aromatic N) is 1. The number of ether oxygens (including phenoxy) is 2. The maximum absolute atomic E-state index is 12.0. The first-order valence-electron chi connectivity index (χ1n) is 6.29. The quantitative estimate of drug-likeness (QED) is 0.854. The SMILES string of the molecule is COc1cc2c(c(OC)c1)-c1cc(Cl)cc(=O)n1CC2. The minimum absolute atomic E-state index is 0.0870. The molecule has 1 aromatic carbocycles. The smallest absolute Gasteiger partial charge is 0.252 e. The maximum atomic E-state index is 12.0. The molecule has 0 fully saturated rings. The number of methoxy groups -OCH3 is 2. The molecule has 5 heteroatoms. The molecule has 0 N–H and O–H groups in total. The number of benzene rings is 1. The standard InChI is InChI=1S/C15H14ClNO3/c1-19-11-5-9-3-4-17-12(6-10(16)7-14(17)18)15(9)13(8-11)20-2/h5-8H,3-4H2,1-2H3. The Bertz CT molecular complexity index is 719. The molecule has 0 atom stereocenters. The van der Waals surface area contributed by atoms with Crippen LogP contribution in [0.15, 0.2) is 29.1 Å². The van der Waals surface area contributed by atoms with Gasteiger partial charge in [-0.25, -0.2) is 0 Å². The van der Waals surface area contributed by atoms with Crippen LogP contribution in [0.1, 0.15) is 5.56 Å². The highest BCUT2D eigenvalue weighted by Crippen LogP contribution is 2.39.